The number of hydrogen-bond donors (Lipinski definition) is 2. The predicted octanol–water partition coefficient (Wildman–Crippen LogP) is 1.66. The maximum Gasteiger partial charge on any atom is 0.227 e. The first-order valence-electron chi connectivity index (χ1n) is 5.63. The first kappa shape index (κ1) is 14.5. The third-order valence-electron chi connectivity index (χ3n) is 2.28. The minimum absolute atomic E-state index is 0.000291. The molecular formula is C12H16F2N2O2. The third kappa shape index (κ3) is 4.38. The van der Waals surface area contributed by atoms with Gasteiger partial charge >= 0.3 is 0 Å². The van der Waals surface area contributed by atoms with Crippen LogP contribution in [0.25, 0.3) is 0 Å². The second-order valence-corrected chi connectivity index (χ2v) is 3.69. The lowest BCUT2D eigenvalue weighted by atomic mass is 10.2. The predicted molar refractivity (Wildman–Crippen MR) is 64.1 cm³/mol. The van der Waals surface area contributed by atoms with E-state index in [4.69, 9.17) is 10.5 Å². The van der Waals surface area contributed by atoms with E-state index in [1.165, 1.54) is 0 Å². The van der Waals surface area contributed by atoms with Crippen LogP contribution in [0.1, 0.15) is 13.3 Å². The van der Waals surface area contributed by atoms with E-state index < -0.39 is 23.6 Å². The van der Waals surface area contributed by atoms with Gasteiger partial charge in [-0.1, -0.05) is 0 Å². The zero-order valence-corrected chi connectivity index (χ0v) is 10.1. The molecule has 1 aromatic rings. The molecule has 0 bridgehead atoms. The van der Waals surface area contributed by atoms with Crippen LogP contribution in [0.2, 0.25) is 0 Å². The van der Waals surface area contributed by atoms with Crippen LogP contribution in [-0.4, -0.2) is 25.2 Å². The van der Waals surface area contributed by atoms with E-state index in [1.54, 1.807) is 6.92 Å². The highest BCUT2D eigenvalue weighted by Gasteiger charge is 2.14. The molecule has 0 spiro atoms. The van der Waals surface area contributed by atoms with Gasteiger partial charge in [-0.05, 0) is 19.1 Å². The SMILES string of the molecule is CCOC(CN)CC(=O)Nc1cc(F)ccc1F. The maximum absolute atomic E-state index is 13.3. The van der Waals surface area contributed by atoms with Crippen molar-refractivity contribution in [2.75, 3.05) is 18.5 Å². The number of halogens is 2. The van der Waals surface area contributed by atoms with Crippen LogP contribution >= 0.6 is 0 Å². The molecule has 0 aliphatic carbocycles. The number of ether oxygens (including phenoxy) is 1. The molecule has 1 atom stereocenters. The first-order chi connectivity index (χ1) is 8.56. The van der Waals surface area contributed by atoms with Crippen LogP contribution in [0.5, 0.6) is 0 Å². The molecule has 0 fully saturated rings. The Bertz CT molecular complexity index is 413. The Morgan fingerprint density at radius 3 is 2.83 bits per heavy atom. The van der Waals surface area contributed by atoms with E-state index in [0.29, 0.717) is 6.61 Å². The van der Waals surface area contributed by atoms with Crippen molar-refractivity contribution in [3.05, 3.63) is 29.8 Å². The Labute approximate surface area is 104 Å². The first-order valence-corrected chi connectivity index (χ1v) is 5.63. The summed E-state index contributed by atoms with van der Waals surface area (Å²) >= 11 is 0. The van der Waals surface area contributed by atoms with Crippen LogP contribution in [0.4, 0.5) is 14.5 Å². The Kier molecular flexibility index (Phi) is 5.67. The Hall–Kier alpha value is -1.53. The van der Waals surface area contributed by atoms with E-state index in [2.05, 4.69) is 5.32 Å². The molecule has 4 nitrogen and oxygen atoms in total. The lowest BCUT2D eigenvalue weighted by molar-refractivity contribution is -0.118. The van der Waals surface area contributed by atoms with Crippen molar-refractivity contribution >= 4 is 11.6 Å². The highest BCUT2D eigenvalue weighted by Crippen LogP contribution is 2.15. The highest BCUT2D eigenvalue weighted by atomic mass is 19.1. The number of hydrogen-bond acceptors (Lipinski definition) is 3. The summed E-state index contributed by atoms with van der Waals surface area (Å²) in [5.41, 5.74) is 5.23. The van der Waals surface area contributed by atoms with Gasteiger partial charge in [0, 0.05) is 19.2 Å². The van der Waals surface area contributed by atoms with Crippen molar-refractivity contribution in [2.45, 2.75) is 19.4 Å². The number of carbonyl (C=O) groups excluding carboxylic acids is 1. The minimum Gasteiger partial charge on any atom is -0.377 e. The topological polar surface area (TPSA) is 64.3 Å². The number of anilines is 1. The molecular weight excluding hydrogens is 242 g/mol. The summed E-state index contributed by atoms with van der Waals surface area (Å²) < 4.78 is 31.3. The summed E-state index contributed by atoms with van der Waals surface area (Å²) in [5.74, 6) is -1.78. The number of benzene rings is 1. The molecule has 100 valence electrons. The maximum atomic E-state index is 13.3. The monoisotopic (exact) mass is 258 g/mol. The second-order valence-electron chi connectivity index (χ2n) is 3.69. The molecule has 1 rings (SSSR count). The second kappa shape index (κ2) is 7.03. The molecule has 18 heavy (non-hydrogen) atoms. The van der Waals surface area contributed by atoms with Gasteiger partial charge in [0.05, 0.1) is 18.2 Å². The summed E-state index contributed by atoms with van der Waals surface area (Å²) in [6.07, 6.45) is -0.424. The smallest absolute Gasteiger partial charge is 0.227 e. The van der Waals surface area contributed by atoms with Gasteiger partial charge in [0.1, 0.15) is 11.6 Å². The van der Waals surface area contributed by atoms with E-state index in [9.17, 15) is 13.6 Å². The molecule has 1 aromatic carbocycles. The van der Waals surface area contributed by atoms with Crippen molar-refractivity contribution < 1.29 is 18.3 Å². The standard InChI is InChI=1S/C12H16F2N2O2/c1-2-18-9(7-15)6-12(17)16-11-5-8(13)3-4-10(11)14/h3-5,9H,2,6-7,15H2,1H3,(H,16,17). The largest absolute Gasteiger partial charge is 0.377 e. The van der Waals surface area contributed by atoms with Gasteiger partial charge in [0.15, 0.2) is 0 Å². The fraction of sp³-hybridized carbons (Fsp3) is 0.417. The molecule has 3 N–H and O–H groups in total. The van der Waals surface area contributed by atoms with Gasteiger partial charge in [-0.2, -0.15) is 0 Å². The Balaban J connectivity index is 2.61. The summed E-state index contributed by atoms with van der Waals surface area (Å²) in [4.78, 5) is 11.6. The van der Waals surface area contributed by atoms with Crippen LogP contribution in [-0.2, 0) is 9.53 Å². The molecule has 0 aromatic heterocycles. The molecule has 0 saturated carbocycles. The van der Waals surface area contributed by atoms with Gasteiger partial charge in [-0.3, -0.25) is 4.79 Å². The Morgan fingerprint density at radius 1 is 1.50 bits per heavy atom. The van der Waals surface area contributed by atoms with Crippen molar-refractivity contribution in [1.82, 2.24) is 0 Å². The van der Waals surface area contributed by atoms with Crippen LogP contribution in [0, 0.1) is 11.6 Å². The molecule has 0 aliphatic rings. The van der Waals surface area contributed by atoms with Crippen molar-refractivity contribution in [3.63, 3.8) is 0 Å². The van der Waals surface area contributed by atoms with Gasteiger partial charge in [0.2, 0.25) is 5.91 Å². The fourth-order valence-electron chi connectivity index (χ4n) is 1.45. The van der Waals surface area contributed by atoms with E-state index in [0.717, 1.165) is 18.2 Å². The summed E-state index contributed by atoms with van der Waals surface area (Å²) in [5, 5.41) is 2.28. The average molecular weight is 258 g/mol. The van der Waals surface area contributed by atoms with E-state index in [-0.39, 0.29) is 18.7 Å². The molecule has 0 aliphatic heterocycles. The van der Waals surface area contributed by atoms with Crippen molar-refractivity contribution in [2.24, 2.45) is 5.73 Å². The highest BCUT2D eigenvalue weighted by molar-refractivity contribution is 5.91. The van der Waals surface area contributed by atoms with Crippen LogP contribution in [0.15, 0.2) is 18.2 Å². The number of rotatable bonds is 6. The van der Waals surface area contributed by atoms with Gasteiger partial charge in [-0.25, -0.2) is 8.78 Å². The summed E-state index contributed by atoms with van der Waals surface area (Å²) in [6.45, 7) is 2.41. The van der Waals surface area contributed by atoms with Crippen LogP contribution in [0.3, 0.4) is 0 Å². The normalized spacial score (nSPS) is 12.2. The fourth-order valence-corrected chi connectivity index (χ4v) is 1.45. The third-order valence-corrected chi connectivity index (χ3v) is 2.28. The number of nitrogens with two attached hydrogens (primary N) is 1. The summed E-state index contributed by atoms with van der Waals surface area (Å²) in [7, 11) is 0. The van der Waals surface area contributed by atoms with E-state index in [1.807, 2.05) is 0 Å². The van der Waals surface area contributed by atoms with Gasteiger partial charge < -0.3 is 15.8 Å². The molecule has 6 heteroatoms. The lowest BCUT2D eigenvalue weighted by Crippen LogP contribution is -2.29. The zero-order valence-electron chi connectivity index (χ0n) is 10.1. The molecule has 1 amide bonds. The molecule has 0 radical (unpaired) electrons. The van der Waals surface area contributed by atoms with Crippen LogP contribution < -0.4 is 11.1 Å². The number of carbonyl (C=O) groups is 1. The lowest BCUT2D eigenvalue weighted by Gasteiger charge is -2.14. The molecule has 0 heterocycles. The van der Waals surface area contributed by atoms with Gasteiger partial charge in [-0.15, -0.1) is 0 Å². The quantitative estimate of drug-likeness (QED) is 0.815. The number of amides is 1. The van der Waals surface area contributed by atoms with Gasteiger partial charge in [0.25, 0.3) is 0 Å². The minimum atomic E-state index is -0.689. The average Bonchev–Trinajstić information content (AvgIpc) is 2.33. The van der Waals surface area contributed by atoms with Crippen molar-refractivity contribution in [1.29, 1.82) is 0 Å². The van der Waals surface area contributed by atoms with E-state index >= 15 is 0 Å². The molecule has 0 saturated heterocycles. The Morgan fingerprint density at radius 2 is 2.22 bits per heavy atom. The summed E-state index contributed by atoms with van der Waals surface area (Å²) in [6, 6.07) is 2.85. The molecule has 1 unspecified atom stereocenters. The van der Waals surface area contributed by atoms with Crippen molar-refractivity contribution in [3.8, 4) is 0 Å². The number of nitrogens with one attached hydrogen (secondary N) is 1. The zero-order chi connectivity index (χ0) is 13.5.